The molecule has 2 rings (SSSR count). The number of nitrogens with zero attached hydrogens (tertiary/aromatic N) is 2. The van der Waals surface area contributed by atoms with Crippen LogP contribution in [0.2, 0.25) is 0 Å². The van der Waals surface area contributed by atoms with Crippen LogP contribution in [0.5, 0.6) is 11.5 Å². The summed E-state index contributed by atoms with van der Waals surface area (Å²) in [5.74, 6) is 2.28. The fourth-order valence-corrected chi connectivity index (χ4v) is 3.19. The highest BCUT2D eigenvalue weighted by molar-refractivity contribution is 14.0. The second-order valence-corrected chi connectivity index (χ2v) is 6.89. The summed E-state index contributed by atoms with van der Waals surface area (Å²) >= 11 is 1.70. The maximum atomic E-state index is 6.04. The lowest BCUT2D eigenvalue weighted by atomic mass is 10.2. The number of rotatable bonds is 9. The molecule has 2 aromatic rings. The van der Waals surface area contributed by atoms with Crippen molar-refractivity contribution in [2.75, 3.05) is 25.1 Å². The van der Waals surface area contributed by atoms with Gasteiger partial charge in [0.05, 0.1) is 29.6 Å². The van der Waals surface area contributed by atoms with Crippen LogP contribution in [-0.2, 0) is 6.42 Å². The summed E-state index contributed by atoms with van der Waals surface area (Å²) in [5.41, 5.74) is 7.84. The van der Waals surface area contributed by atoms with E-state index in [0.29, 0.717) is 31.6 Å². The van der Waals surface area contributed by atoms with Crippen molar-refractivity contribution >= 4 is 47.0 Å². The molecule has 8 heteroatoms. The zero-order chi connectivity index (χ0) is 18.9. The van der Waals surface area contributed by atoms with Gasteiger partial charge in [-0.25, -0.2) is 4.98 Å². The highest BCUT2D eigenvalue weighted by Crippen LogP contribution is 2.29. The number of hydrogen-bond donors (Lipinski definition) is 2. The van der Waals surface area contributed by atoms with Gasteiger partial charge < -0.3 is 20.5 Å². The van der Waals surface area contributed by atoms with E-state index in [1.54, 1.807) is 11.3 Å². The van der Waals surface area contributed by atoms with Crippen LogP contribution < -0.4 is 20.5 Å². The van der Waals surface area contributed by atoms with Crippen molar-refractivity contribution < 1.29 is 9.47 Å². The Morgan fingerprint density at radius 1 is 1.26 bits per heavy atom. The Kier molecular flexibility index (Phi) is 10.5. The van der Waals surface area contributed by atoms with Crippen LogP contribution >= 0.6 is 35.3 Å². The van der Waals surface area contributed by atoms with E-state index in [2.05, 4.69) is 34.5 Å². The molecule has 6 nitrogen and oxygen atoms in total. The monoisotopic (exact) mass is 504 g/mol. The van der Waals surface area contributed by atoms with Crippen LogP contribution in [0.1, 0.15) is 44.3 Å². The third-order valence-electron chi connectivity index (χ3n) is 3.54. The van der Waals surface area contributed by atoms with E-state index in [1.165, 1.54) is 0 Å². The molecule has 3 N–H and O–H groups in total. The van der Waals surface area contributed by atoms with E-state index in [1.807, 2.05) is 32.0 Å². The second-order valence-electron chi connectivity index (χ2n) is 6.00. The number of hydrogen-bond acceptors (Lipinski definition) is 5. The summed E-state index contributed by atoms with van der Waals surface area (Å²) in [5, 5.41) is 6.36. The summed E-state index contributed by atoms with van der Waals surface area (Å²) in [4.78, 5) is 9.01. The molecule has 1 aromatic carbocycles. The molecule has 1 aromatic heterocycles. The quantitative estimate of drug-likeness (QED) is 0.295. The summed E-state index contributed by atoms with van der Waals surface area (Å²) in [6.07, 6.45) is 0.767. The largest absolute Gasteiger partial charge is 0.494 e. The first-order valence-electron chi connectivity index (χ1n) is 8.94. The molecule has 27 heavy (non-hydrogen) atoms. The minimum atomic E-state index is 0. The molecule has 0 aliphatic rings. The molecule has 0 saturated heterocycles. The summed E-state index contributed by atoms with van der Waals surface area (Å²) < 4.78 is 11.2. The second kappa shape index (κ2) is 12.0. The lowest BCUT2D eigenvalue weighted by molar-refractivity contribution is 0.332. The summed E-state index contributed by atoms with van der Waals surface area (Å²) in [7, 11) is 0. The van der Waals surface area contributed by atoms with Gasteiger partial charge in [0.25, 0.3) is 0 Å². The van der Waals surface area contributed by atoms with E-state index in [0.717, 1.165) is 34.3 Å². The first kappa shape index (κ1) is 23.5. The molecule has 0 atom stereocenters. The molecular formula is C19H29IN4O2S. The SMILES string of the molecule is CCOc1ccc(OCC)c(NC(N)=NCCc2csc(C(C)C)n2)c1.I. The number of nitrogens with two attached hydrogens (primary N) is 1. The molecule has 0 aliphatic heterocycles. The molecular weight excluding hydrogens is 475 g/mol. The average Bonchev–Trinajstić information content (AvgIpc) is 3.07. The Morgan fingerprint density at radius 2 is 2.00 bits per heavy atom. The first-order chi connectivity index (χ1) is 12.5. The number of anilines is 1. The van der Waals surface area contributed by atoms with Crippen LogP contribution in [0.25, 0.3) is 0 Å². The molecule has 0 radical (unpaired) electrons. The third-order valence-corrected chi connectivity index (χ3v) is 4.73. The number of thiazole rings is 1. The molecule has 1 heterocycles. The molecule has 150 valence electrons. The lowest BCUT2D eigenvalue weighted by Crippen LogP contribution is -2.23. The highest BCUT2D eigenvalue weighted by Gasteiger charge is 2.08. The summed E-state index contributed by atoms with van der Waals surface area (Å²) in [6, 6.07) is 5.61. The number of guanidine groups is 1. The van der Waals surface area contributed by atoms with Gasteiger partial charge in [-0.1, -0.05) is 13.8 Å². The van der Waals surface area contributed by atoms with Crippen molar-refractivity contribution in [3.8, 4) is 11.5 Å². The summed E-state index contributed by atoms with van der Waals surface area (Å²) in [6.45, 7) is 9.93. The zero-order valence-electron chi connectivity index (χ0n) is 16.3. The standard InChI is InChI=1S/C19H28N4O2S.HI/c1-5-24-15-7-8-17(25-6-2)16(11-15)23-19(20)21-10-9-14-12-26-18(22-14)13(3)4;/h7-8,11-13H,5-6,9-10H2,1-4H3,(H3,20,21,23);1H. The Hall–Kier alpha value is -1.55. The van der Waals surface area contributed by atoms with E-state index in [9.17, 15) is 0 Å². The number of aromatic nitrogens is 1. The van der Waals surface area contributed by atoms with Crippen LogP contribution in [0.4, 0.5) is 5.69 Å². The Labute approximate surface area is 182 Å². The van der Waals surface area contributed by atoms with Crippen molar-refractivity contribution in [1.29, 1.82) is 0 Å². The topological polar surface area (TPSA) is 81.8 Å². The molecule has 0 saturated carbocycles. The van der Waals surface area contributed by atoms with E-state index in [-0.39, 0.29) is 24.0 Å². The van der Waals surface area contributed by atoms with Gasteiger partial charge in [0.1, 0.15) is 11.5 Å². The molecule has 0 amide bonds. The van der Waals surface area contributed by atoms with Crippen LogP contribution in [0.15, 0.2) is 28.6 Å². The van der Waals surface area contributed by atoms with Crippen LogP contribution in [0, 0.1) is 0 Å². The van der Waals surface area contributed by atoms with E-state index >= 15 is 0 Å². The lowest BCUT2D eigenvalue weighted by Gasteiger charge is -2.13. The molecule has 0 aliphatic carbocycles. The number of nitrogens with one attached hydrogen (secondary N) is 1. The van der Waals surface area contributed by atoms with Gasteiger partial charge in [0.15, 0.2) is 5.96 Å². The van der Waals surface area contributed by atoms with Crippen molar-refractivity contribution in [3.63, 3.8) is 0 Å². The van der Waals surface area contributed by atoms with Gasteiger partial charge in [-0.15, -0.1) is 35.3 Å². The first-order valence-corrected chi connectivity index (χ1v) is 9.82. The van der Waals surface area contributed by atoms with E-state index in [4.69, 9.17) is 15.2 Å². The van der Waals surface area contributed by atoms with E-state index < -0.39 is 0 Å². The van der Waals surface area contributed by atoms with Gasteiger partial charge in [-0.2, -0.15) is 0 Å². The fourth-order valence-electron chi connectivity index (χ4n) is 2.32. The maximum Gasteiger partial charge on any atom is 0.193 e. The minimum absolute atomic E-state index is 0. The predicted molar refractivity (Wildman–Crippen MR) is 124 cm³/mol. The number of benzene rings is 1. The maximum absolute atomic E-state index is 6.04. The third kappa shape index (κ3) is 7.53. The van der Waals surface area contributed by atoms with Gasteiger partial charge >= 0.3 is 0 Å². The normalized spacial score (nSPS) is 11.2. The number of ether oxygens (including phenoxy) is 2. The minimum Gasteiger partial charge on any atom is -0.494 e. The Balaban J connectivity index is 0.00000364. The van der Waals surface area contributed by atoms with Crippen LogP contribution in [0.3, 0.4) is 0 Å². The Morgan fingerprint density at radius 3 is 2.63 bits per heavy atom. The van der Waals surface area contributed by atoms with Gasteiger partial charge in [-0.3, -0.25) is 4.99 Å². The van der Waals surface area contributed by atoms with Crippen molar-refractivity contribution in [2.45, 2.75) is 40.0 Å². The van der Waals surface area contributed by atoms with Crippen molar-refractivity contribution in [2.24, 2.45) is 10.7 Å². The Bertz CT molecular complexity index is 734. The van der Waals surface area contributed by atoms with Crippen molar-refractivity contribution in [3.05, 3.63) is 34.3 Å². The van der Waals surface area contributed by atoms with Gasteiger partial charge in [0, 0.05) is 30.3 Å². The van der Waals surface area contributed by atoms with Gasteiger partial charge in [-0.05, 0) is 26.0 Å². The predicted octanol–water partition coefficient (Wildman–Crippen LogP) is 4.65. The zero-order valence-corrected chi connectivity index (χ0v) is 19.5. The van der Waals surface area contributed by atoms with Crippen molar-refractivity contribution in [1.82, 2.24) is 4.98 Å². The van der Waals surface area contributed by atoms with Gasteiger partial charge in [0.2, 0.25) is 0 Å². The van der Waals surface area contributed by atoms with Crippen LogP contribution in [-0.4, -0.2) is 30.7 Å². The average molecular weight is 504 g/mol. The smallest absolute Gasteiger partial charge is 0.193 e. The molecule has 0 unspecified atom stereocenters. The number of halogens is 1. The number of aliphatic imine (C=N–C) groups is 1. The highest BCUT2D eigenvalue weighted by atomic mass is 127. The molecule has 0 bridgehead atoms. The fraction of sp³-hybridized carbons (Fsp3) is 0.474. The molecule has 0 spiro atoms. The molecule has 0 fully saturated rings.